The zero-order valence-electron chi connectivity index (χ0n) is 18.0. The highest BCUT2D eigenvalue weighted by Crippen LogP contribution is 2.28. The van der Waals surface area contributed by atoms with Gasteiger partial charge in [-0.3, -0.25) is 9.78 Å². The molecule has 8 nitrogen and oxygen atoms in total. The molecule has 1 aliphatic rings. The third kappa shape index (κ3) is 5.25. The first-order valence-electron chi connectivity index (χ1n) is 10.7. The van der Waals surface area contributed by atoms with Gasteiger partial charge >= 0.3 is 0 Å². The quantitative estimate of drug-likeness (QED) is 0.537. The van der Waals surface area contributed by atoms with Crippen molar-refractivity contribution in [3.05, 3.63) is 53.8 Å². The number of rotatable bonds is 7. The second kappa shape index (κ2) is 9.68. The van der Waals surface area contributed by atoms with E-state index in [0.29, 0.717) is 43.5 Å². The van der Waals surface area contributed by atoms with Crippen LogP contribution in [0.15, 0.2) is 41.2 Å². The molecule has 0 aliphatic carbocycles. The van der Waals surface area contributed by atoms with E-state index >= 15 is 0 Å². The number of hydrogen-bond donors (Lipinski definition) is 0. The topological polar surface area (TPSA) is 94.2 Å². The maximum Gasteiger partial charge on any atom is 0.267 e. The SMILES string of the molecule is Cc1ccc(OCCCC(=O)N2CCCC(c3nnc(-c4cnccn4)o3)C2)c(C)c1. The summed E-state index contributed by atoms with van der Waals surface area (Å²) in [4.78, 5) is 22.8. The minimum absolute atomic E-state index is 0.0436. The number of nitrogens with zero attached hydrogens (tertiary/aromatic N) is 5. The van der Waals surface area contributed by atoms with E-state index in [2.05, 4.69) is 33.2 Å². The van der Waals surface area contributed by atoms with Crippen LogP contribution in [0.25, 0.3) is 11.6 Å². The molecular formula is C23H27N5O3. The van der Waals surface area contributed by atoms with E-state index in [1.807, 2.05) is 24.0 Å². The number of piperidine rings is 1. The van der Waals surface area contributed by atoms with E-state index in [1.54, 1.807) is 18.6 Å². The molecule has 31 heavy (non-hydrogen) atoms. The Balaban J connectivity index is 1.27. The van der Waals surface area contributed by atoms with Crippen molar-refractivity contribution in [1.29, 1.82) is 0 Å². The van der Waals surface area contributed by atoms with E-state index in [0.717, 1.165) is 30.7 Å². The summed E-state index contributed by atoms with van der Waals surface area (Å²) in [5.74, 6) is 1.97. The standard InChI is InChI=1S/C23H27N5O3/c1-16-7-8-20(17(2)13-16)30-12-4-6-21(29)28-11-3-5-18(15-28)22-26-27-23(31-22)19-14-24-9-10-25-19/h7-10,13-14,18H,3-6,11-12,15H2,1-2H3. The summed E-state index contributed by atoms with van der Waals surface area (Å²) >= 11 is 0. The van der Waals surface area contributed by atoms with Crippen molar-refractivity contribution < 1.29 is 13.9 Å². The summed E-state index contributed by atoms with van der Waals surface area (Å²) in [6.45, 7) is 5.98. The Morgan fingerprint density at radius 1 is 1.26 bits per heavy atom. The van der Waals surface area contributed by atoms with Gasteiger partial charge in [0, 0.05) is 31.9 Å². The van der Waals surface area contributed by atoms with Gasteiger partial charge in [-0.25, -0.2) is 4.98 Å². The van der Waals surface area contributed by atoms with Crippen molar-refractivity contribution in [3.63, 3.8) is 0 Å². The number of aryl methyl sites for hydroxylation is 2. The highest BCUT2D eigenvalue weighted by molar-refractivity contribution is 5.76. The molecule has 1 saturated heterocycles. The first-order chi connectivity index (χ1) is 15.1. The lowest BCUT2D eigenvalue weighted by molar-refractivity contribution is -0.132. The van der Waals surface area contributed by atoms with Crippen LogP contribution < -0.4 is 4.74 Å². The first-order valence-corrected chi connectivity index (χ1v) is 10.7. The molecule has 3 aromatic rings. The van der Waals surface area contributed by atoms with E-state index in [-0.39, 0.29) is 11.8 Å². The van der Waals surface area contributed by atoms with Crippen molar-refractivity contribution in [2.75, 3.05) is 19.7 Å². The minimum Gasteiger partial charge on any atom is -0.493 e. The highest BCUT2D eigenvalue weighted by Gasteiger charge is 2.28. The third-order valence-corrected chi connectivity index (χ3v) is 5.47. The zero-order chi connectivity index (χ0) is 21.6. The van der Waals surface area contributed by atoms with Crippen molar-refractivity contribution >= 4 is 5.91 Å². The van der Waals surface area contributed by atoms with Crippen LogP contribution >= 0.6 is 0 Å². The summed E-state index contributed by atoms with van der Waals surface area (Å²) in [6, 6.07) is 6.12. The average Bonchev–Trinajstić information content (AvgIpc) is 3.29. The van der Waals surface area contributed by atoms with Crippen LogP contribution in [0.1, 0.15) is 48.6 Å². The van der Waals surface area contributed by atoms with Gasteiger partial charge < -0.3 is 14.1 Å². The zero-order valence-corrected chi connectivity index (χ0v) is 18.0. The van der Waals surface area contributed by atoms with Gasteiger partial charge in [-0.1, -0.05) is 17.7 Å². The normalized spacial score (nSPS) is 16.3. The van der Waals surface area contributed by atoms with Crippen LogP contribution in [0.5, 0.6) is 5.75 Å². The third-order valence-electron chi connectivity index (χ3n) is 5.47. The fraction of sp³-hybridized carbons (Fsp3) is 0.435. The summed E-state index contributed by atoms with van der Waals surface area (Å²) < 4.78 is 11.7. The van der Waals surface area contributed by atoms with Crippen LogP contribution in [0.3, 0.4) is 0 Å². The van der Waals surface area contributed by atoms with Gasteiger partial charge in [0.15, 0.2) is 0 Å². The van der Waals surface area contributed by atoms with Gasteiger partial charge in [0.2, 0.25) is 11.8 Å². The molecule has 1 atom stereocenters. The monoisotopic (exact) mass is 421 g/mol. The second-order valence-corrected chi connectivity index (χ2v) is 7.94. The Hall–Kier alpha value is -3.29. The van der Waals surface area contributed by atoms with Crippen molar-refractivity contribution in [3.8, 4) is 17.3 Å². The maximum atomic E-state index is 12.7. The molecule has 1 unspecified atom stereocenters. The molecule has 4 rings (SSSR count). The van der Waals surface area contributed by atoms with Gasteiger partial charge in [0.1, 0.15) is 11.4 Å². The number of ether oxygens (including phenoxy) is 1. The largest absolute Gasteiger partial charge is 0.493 e. The van der Waals surface area contributed by atoms with Gasteiger partial charge in [0.05, 0.1) is 18.7 Å². The molecule has 1 aliphatic heterocycles. The molecule has 1 aromatic carbocycles. The first kappa shape index (κ1) is 21.0. The van der Waals surface area contributed by atoms with E-state index in [1.165, 1.54) is 5.56 Å². The Labute approximate surface area is 181 Å². The van der Waals surface area contributed by atoms with Gasteiger partial charge in [-0.2, -0.15) is 0 Å². The Morgan fingerprint density at radius 3 is 2.97 bits per heavy atom. The number of hydrogen-bond acceptors (Lipinski definition) is 7. The minimum atomic E-state index is 0.0436. The van der Waals surface area contributed by atoms with Crippen LogP contribution in [0.4, 0.5) is 0 Å². The van der Waals surface area contributed by atoms with Crippen LogP contribution in [-0.4, -0.2) is 50.7 Å². The van der Waals surface area contributed by atoms with Gasteiger partial charge in [-0.05, 0) is 44.7 Å². The Morgan fingerprint density at radius 2 is 2.16 bits per heavy atom. The maximum absolute atomic E-state index is 12.7. The Kier molecular flexibility index (Phi) is 6.54. The number of amides is 1. The molecule has 3 heterocycles. The summed E-state index contributed by atoms with van der Waals surface area (Å²) in [5, 5.41) is 8.29. The molecule has 8 heteroatoms. The van der Waals surface area contributed by atoms with E-state index < -0.39 is 0 Å². The van der Waals surface area contributed by atoms with E-state index in [9.17, 15) is 4.79 Å². The van der Waals surface area contributed by atoms with Gasteiger partial charge in [-0.15, -0.1) is 10.2 Å². The van der Waals surface area contributed by atoms with Crippen LogP contribution in [0, 0.1) is 13.8 Å². The molecule has 0 radical (unpaired) electrons. The fourth-order valence-electron chi connectivity index (χ4n) is 3.84. The van der Waals surface area contributed by atoms with Crippen LogP contribution in [0.2, 0.25) is 0 Å². The van der Waals surface area contributed by atoms with Gasteiger partial charge in [0.25, 0.3) is 5.89 Å². The molecule has 1 fully saturated rings. The number of benzene rings is 1. The van der Waals surface area contributed by atoms with E-state index in [4.69, 9.17) is 9.15 Å². The molecule has 1 amide bonds. The second-order valence-electron chi connectivity index (χ2n) is 7.94. The molecule has 0 spiro atoms. The fourth-order valence-corrected chi connectivity index (χ4v) is 3.84. The van der Waals surface area contributed by atoms with Crippen molar-refractivity contribution in [1.82, 2.24) is 25.1 Å². The predicted molar refractivity (Wildman–Crippen MR) is 115 cm³/mol. The lowest BCUT2D eigenvalue weighted by Crippen LogP contribution is -2.39. The number of carbonyl (C=O) groups excluding carboxylic acids is 1. The van der Waals surface area contributed by atoms with Crippen molar-refractivity contribution in [2.45, 2.75) is 45.4 Å². The van der Waals surface area contributed by atoms with Crippen molar-refractivity contribution in [2.24, 2.45) is 0 Å². The number of aromatic nitrogens is 4. The molecule has 162 valence electrons. The molecule has 0 bridgehead atoms. The lowest BCUT2D eigenvalue weighted by atomic mass is 9.97. The average molecular weight is 422 g/mol. The van der Waals surface area contributed by atoms with Crippen LogP contribution in [-0.2, 0) is 4.79 Å². The Bertz CT molecular complexity index is 1020. The summed E-state index contributed by atoms with van der Waals surface area (Å²) in [7, 11) is 0. The summed E-state index contributed by atoms with van der Waals surface area (Å²) in [5.41, 5.74) is 2.88. The molecule has 0 saturated carbocycles. The lowest BCUT2D eigenvalue weighted by Gasteiger charge is -2.31. The number of likely N-dealkylation sites (tertiary alicyclic amines) is 1. The predicted octanol–water partition coefficient (Wildman–Crippen LogP) is 3.71. The number of carbonyl (C=O) groups is 1. The molecule has 2 aromatic heterocycles. The molecule has 0 N–H and O–H groups in total. The summed E-state index contributed by atoms with van der Waals surface area (Å²) in [6.07, 6.45) is 7.76. The molecular weight excluding hydrogens is 394 g/mol. The highest BCUT2D eigenvalue weighted by atomic mass is 16.5. The smallest absolute Gasteiger partial charge is 0.267 e.